The maximum Gasteiger partial charge on any atom is 0.253 e. The molecule has 0 heterocycles. The lowest BCUT2D eigenvalue weighted by Gasteiger charge is -2.25. The highest BCUT2D eigenvalue weighted by Gasteiger charge is 2.32. The van der Waals surface area contributed by atoms with E-state index in [0.29, 0.717) is 17.0 Å². The van der Waals surface area contributed by atoms with E-state index >= 15 is 0 Å². The SMILES string of the molecule is CC(C1CC1)N(C)C(=O)c1ccc(/C(N)=N/O)cc1. The molecule has 19 heavy (non-hydrogen) atoms. The molecule has 1 atom stereocenters. The minimum absolute atomic E-state index is 0.00505. The quantitative estimate of drug-likeness (QED) is 0.374. The normalized spacial score (nSPS) is 17.1. The van der Waals surface area contributed by atoms with Crippen LogP contribution in [-0.4, -0.2) is 34.9 Å². The zero-order valence-corrected chi connectivity index (χ0v) is 11.2. The second-order valence-corrected chi connectivity index (χ2v) is 5.06. The van der Waals surface area contributed by atoms with Gasteiger partial charge in [0.25, 0.3) is 5.91 Å². The van der Waals surface area contributed by atoms with Gasteiger partial charge in [-0.3, -0.25) is 4.79 Å². The molecule has 0 radical (unpaired) electrons. The number of oxime groups is 1. The number of carbonyl (C=O) groups excluding carboxylic acids is 1. The Morgan fingerprint density at radius 2 is 1.89 bits per heavy atom. The molecule has 1 amide bonds. The fourth-order valence-electron chi connectivity index (χ4n) is 2.12. The Hall–Kier alpha value is -2.04. The highest BCUT2D eigenvalue weighted by molar-refractivity contribution is 5.99. The predicted octanol–water partition coefficient (Wildman–Crippen LogP) is 1.65. The van der Waals surface area contributed by atoms with Crippen molar-refractivity contribution in [3.05, 3.63) is 35.4 Å². The van der Waals surface area contributed by atoms with Gasteiger partial charge in [-0.1, -0.05) is 17.3 Å². The van der Waals surface area contributed by atoms with Gasteiger partial charge in [0.15, 0.2) is 5.84 Å². The lowest BCUT2D eigenvalue weighted by Crippen LogP contribution is -2.36. The van der Waals surface area contributed by atoms with E-state index in [1.54, 1.807) is 29.2 Å². The van der Waals surface area contributed by atoms with Crippen molar-refractivity contribution in [2.45, 2.75) is 25.8 Å². The third kappa shape index (κ3) is 2.86. The van der Waals surface area contributed by atoms with Crippen molar-refractivity contribution in [3.63, 3.8) is 0 Å². The molecule has 0 bridgehead atoms. The van der Waals surface area contributed by atoms with Gasteiger partial charge in [0.2, 0.25) is 0 Å². The van der Waals surface area contributed by atoms with Gasteiger partial charge in [-0.05, 0) is 37.8 Å². The summed E-state index contributed by atoms with van der Waals surface area (Å²) in [7, 11) is 1.84. The molecule has 2 rings (SSSR count). The minimum Gasteiger partial charge on any atom is -0.409 e. The van der Waals surface area contributed by atoms with Gasteiger partial charge >= 0.3 is 0 Å². The first-order chi connectivity index (χ1) is 9.04. The molecule has 5 nitrogen and oxygen atoms in total. The molecule has 0 aromatic heterocycles. The third-order valence-corrected chi connectivity index (χ3v) is 3.77. The molecule has 102 valence electrons. The zero-order chi connectivity index (χ0) is 14.0. The van der Waals surface area contributed by atoms with Crippen molar-refractivity contribution in [2.24, 2.45) is 16.8 Å². The minimum atomic E-state index is 0.00505. The highest BCUT2D eigenvalue weighted by Crippen LogP contribution is 2.35. The maximum absolute atomic E-state index is 12.3. The van der Waals surface area contributed by atoms with E-state index in [4.69, 9.17) is 10.9 Å². The average molecular weight is 261 g/mol. The average Bonchev–Trinajstić information content (AvgIpc) is 3.28. The number of hydrogen-bond acceptors (Lipinski definition) is 3. The Bertz CT molecular complexity index is 492. The number of amidine groups is 1. The number of nitrogens with two attached hydrogens (primary N) is 1. The van der Waals surface area contributed by atoms with E-state index < -0.39 is 0 Å². The topological polar surface area (TPSA) is 78.9 Å². The summed E-state index contributed by atoms with van der Waals surface area (Å²) >= 11 is 0. The van der Waals surface area contributed by atoms with Crippen molar-refractivity contribution >= 4 is 11.7 Å². The third-order valence-electron chi connectivity index (χ3n) is 3.77. The number of nitrogens with zero attached hydrogens (tertiary/aromatic N) is 2. The molecule has 1 fully saturated rings. The van der Waals surface area contributed by atoms with E-state index in [-0.39, 0.29) is 17.8 Å². The molecule has 1 saturated carbocycles. The standard InChI is InChI=1S/C14H19N3O2/c1-9(10-3-4-10)17(2)14(18)12-7-5-11(6-8-12)13(15)16-19/h5-10,19H,3-4H2,1-2H3,(H2,15,16). The summed E-state index contributed by atoms with van der Waals surface area (Å²) in [5, 5.41) is 11.5. The lowest BCUT2D eigenvalue weighted by molar-refractivity contribution is 0.0727. The number of rotatable bonds is 4. The Morgan fingerprint density at radius 3 is 2.37 bits per heavy atom. The van der Waals surface area contributed by atoms with Crippen LogP contribution in [0, 0.1) is 5.92 Å². The van der Waals surface area contributed by atoms with Crippen molar-refractivity contribution < 1.29 is 10.0 Å². The molecular formula is C14H19N3O2. The summed E-state index contributed by atoms with van der Waals surface area (Å²) in [5.41, 5.74) is 6.69. The largest absolute Gasteiger partial charge is 0.409 e. The van der Waals surface area contributed by atoms with Crippen LogP contribution in [0.4, 0.5) is 0 Å². The Morgan fingerprint density at radius 1 is 1.37 bits per heavy atom. The summed E-state index contributed by atoms with van der Waals surface area (Å²) < 4.78 is 0. The molecule has 1 aliphatic carbocycles. The van der Waals surface area contributed by atoms with Gasteiger partial charge in [0, 0.05) is 24.2 Å². The van der Waals surface area contributed by atoms with Crippen molar-refractivity contribution in [2.75, 3.05) is 7.05 Å². The van der Waals surface area contributed by atoms with Gasteiger partial charge in [-0.2, -0.15) is 0 Å². The van der Waals surface area contributed by atoms with Crippen LogP contribution in [0.15, 0.2) is 29.4 Å². The van der Waals surface area contributed by atoms with Gasteiger partial charge in [0.1, 0.15) is 0 Å². The number of carbonyl (C=O) groups is 1. The summed E-state index contributed by atoms with van der Waals surface area (Å²) in [6.07, 6.45) is 2.42. The van der Waals surface area contributed by atoms with Crippen LogP contribution in [0.5, 0.6) is 0 Å². The number of benzene rings is 1. The summed E-state index contributed by atoms with van der Waals surface area (Å²) in [6.45, 7) is 2.08. The highest BCUT2D eigenvalue weighted by atomic mass is 16.4. The molecule has 0 spiro atoms. The summed E-state index contributed by atoms with van der Waals surface area (Å²) in [4.78, 5) is 14.1. The van der Waals surface area contributed by atoms with E-state index in [0.717, 1.165) is 0 Å². The van der Waals surface area contributed by atoms with Crippen molar-refractivity contribution in [1.82, 2.24) is 4.90 Å². The number of amides is 1. The van der Waals surface area contributed by atoms with Crippen LogP contribution >= 0.6 is 0 Å². The van der Waals surface area contributed by atoms with Gasteiger partial charge in [-0.15, -0.1) is 0 Å². The van der Waals surface area contributed by atoms with Crippen LogP contribution < -0.4 is 5.73 Å². The molecular weight excluding hydrogens is 242 g/mol. The molecule has 1 aromatic rings. The lowest BCUT2D eigenvalue weighted by atomic mass is 10.1. The zero-order valence-electron chi connectivity index (χ0n) is 11.2. The fourth-order valence-corrected chi connectivity index (χ4v) is 2.12. The van der Waals surface area contributed by atoms with Crippen molar-refractivity contribution in [1.29, 1.82) is 0 Å². The number of hydrogen-bond donors (Lipinski definition) is 2. The monoisotopic (exact) mass is 261 g/mol. The first kappa shape index (κ1) is 13.4. The van der Waals surface area contributed by atoms with E-state index in [1.807, 2.05) is 7.05 Å². The first-order valence-corrected chi connectivity index (χ1v) is 6.39. The van der Waals surface area contributed by atoms with Crippen LogP contribution in [0.25, 0.3) is 0 Å². The Labute approximate surface area is 112 Å². The first-order valence-electron chi connectivity index (χ1n) is 6.39. The predicted molar refractivity (Wildman–Crippen MR) is 73.2 cm³/mol. The molecule has 5 heteroatoms. The smallest absolute Gasteiger partial charge is 0.253 e. The van der Waals surface area contributed by atoms with E-state index in [9.17, 15) is 4.79 Å². The van der Waals surface area contributed by atoms with E-state index in [2.05, 4.69) is 12.1 Å². The maximum atomic E-state index is 12.3. The fraction of sp³-hybridized carbons (Fsp3) is 0.429. The van der Waals surface area contributed by atoms with Crippen LogP contribution in [0.3, 0.4) is 0 Å². The molecule has 1 unspecified atom stereocenters. The molecule has 1 aliphatic rings. The molecule has 3 N–H and O–H groups in total. The van der Waals surface area contributed by atoms with Gasteiger partial charge in [-0.25, -0.2) is 0 Å². The van der Waals surface area contributed by atoms with Gasteiger partial charge < -0.3 is 15.8 Å². The summed E-state index contributed by atoms with van der Waals surface area (Å²) in [6, 6.07) is 7.03. The van der Waals surface area contributed by atoms with Crippen LogP contribution in [-0.2, 0) is 0 Å². The Kier molecular flexibility index (Phi) is 3.74. The van der Waals surface area contributed by atoms with Crippen molar-refractivity contribution in [3.8, 4) is 0 Å². The van der Waals surface area contributed by atoms with Crippen LogP contribution in [0.1, 0.15) is 35.7 Å². The van der Waals surface area contributed by atoms with Crippen LogP contribution in [0.2, 0.25) is 0 Å². The summed E-state index contributed by atoms with van der Waals surface area (Å²) in [5.74, 6) is 0.689. The molecule has 0 saturated heterocycles. The molecule has 0 aliphatic heterocycles. The second-order valence-electron chi connectivity index (χ2n) is 5.06. The second kappa shape index (κ2) is 5.30. The van der Waals surface area contributed by atoms with E-state index in [1.165, 1.54) is 12.8 Å². The van der Waals surface area contributed by atoms with Gasteiger partial charge in [0.05, 0.1) is 0 Å². The Balaban J connectivity index is 2.10. The molecule has 1 aromatic carbocycles.